The van der Waals surface area contributed by atoms with Crippen LogP contribution in [0.4, 0.5) is 4.79 Å². The number of hydrogen-bond donors (Lipinski definition) is 1. The molecule has 1 aliphatic rings. The summed E-state index contributed by atoms with van der Waals surface area (Å²) in [5, 5.41) is 9.13. The lowest BCUT2D eigenvalue weighted by Gasteiger charge is -2.13. The Kier molecular flexibility index (Phi) is 6.57. The number of benzene rings is 2. The molecule has 168 valence electrons. The van der Waals surface area contributed by atoms with Crippen LogP contribution in [0.5, 0.6) is 5.75 Å². The van der Waals surface area contributed by atoms with E-state index in [1.807, 2.05) is 31.2 Å². The first kappa shape index (κ1) is 22.7. The number of ether oxygens (including phenoxy) is 1. The Morgan fingerprint density at radius 1 is 1.18 bits per heavy atom. The van der Waals surface area contributed by atoms with Gasteiger partial charge in [0.2, 0.25) is 0 Å². The largest absolute Gasteiger partial charge is 0.492 e. The number of furan rings is 1. The molecule has 0 unspecified atom stereocenters. The van der Waals surface area contributed by atoms with Gasteiger partial charge in [-0.2, -0.15) is 0 Å². The summed E-state index contributed by atoms with van der Waals surface area (Å²) in [6.07, 6.45) is 1.48. The van der Waals surface area contributed by atoms with Gasteiger partial charge in [-0.3, -0.25) is 14.5 Å². The zero-order chi connectivity index (χ0) is 23.5. The predicted octanol–water partition coefficient (Wildman–Crippen LogP) is 5.72. The molecule has 0 bridgehead atoms. The Morgan fingerprint density at radius 2 is 2.00 bits per heavy atom. The SMILES string of the molecule is Cc1cccc(OCCN2C(=O)S/C(=C\c3ccc(-c4cc(C(=O)O)ccc4Cl)o3)C2=O)c1. The molecule has 2 amide bonds. The van der Waals surface area contributed by atoms with Gasteiger partial charge >= 0.3 is 5.97 Å². The molecule has 3 aromatic rings. The molecule has 2 aromatic carbocycles. The van der Waals surface area contributed by atoms with Gasteiger partial charge in [-0.15, -0.1) is 0 Å². The Bertz CT molecular complexity index is 1280. The molecule has 0 spiro atoms. The van der Waals surface area contributed by atoms with E-state index in [9.17, 15) is 19.5 Å². The van der Waals surface area contributed by atoms with E-state index in [0.717, 1.165) is 22.2 Å². The van der Waals surface area contributed by atoms with Crippen molar-refractivity contribution in [1.29, 1.82) is 0 Å². The van der Waals surface area contributed by atoms with Crippen LogP contribution in [0.1, 0.15) is 21.7 Å². The normalized spacial score (nSPS) is 14.8. The lowest BCUT2D eigenvalue weighted by Crippen LogP contribution is -2.32. The Labute approximate surface area is 198 Å². The molecule has 1 saturated heterocycles. The van der Waals surface area contributed by atoms with Crippen molar-refractivity contribution in [2.45, 2.75) is 6.92 Å². The second-order valence-corrected chi connectivity index (χ2v) is 8.60. The third kappa shape index (κ3) is 5.13. The monoisotopic (exact) mass is 483 g/mol. The van der Waals surface area contributed by atoms with Gasteiger partial charge in [-0.25, -0.2) is 4.79 Å². The minimum absolute atomic E-state index is 0.0707. The van der Waals surface area contributed by atoms with E-state index in [1.54, 1.807) is 12.1 Å². The molecule has 1 aliphatic heterocycles. The van der Waals surface area contributed by atoms with Gasteiger partial charge in [-0.05, 0) is 66.7 Å². The van der Waals surface area contributed by atoms with Crippen molar-refractivity contribution in [2.75, 3.05) is 13.2 Å². The van der Waals surface area contributed by atoms with Crippen LogP contribution in [0, 0.1) is 6.92 Å². The number of carboxylic acids is 1. The van der Waals surface area contributed by atoms with Crippen LogP contribution < -0.4 is 4.74 Å². The predicted molar refractivity (Wildman–Crippen MR) is 125 cm³/mol. The summed E-state index contributed by atoms with van der Waals surface area (Å²) in [5.74, 6) is -0.156. The van der Waals surface area contributed by atoms with Crippen LogP contribution in [-0.4, -0.2) is 40.3 Å². The topological polar surface area (TPSA) is 97.1 Å². The first-order valence-corrected chi connectivity index (χ1v) is 11.1. The molecule has 7 nitrogen and oxygen atoms in total. The van der Waals surface area contributed by atoms with Gasteiger partial charge in [0, 0.05) is 11.6 Å². The average molecular weight is 484 g/mol. The quantitative estimate of drug-likeness (QED) is 0.429. The van der Waals surface area contributed by atoms with Gasteiger partial charge in [0.15, 0.2) is 0 Å². The number of hydrogen-bond acceptors (Lipinski definition) is 6. The highest BCUT2D eigenvalue weighted by Crippen LogP contribution is 2.35. The zero-order valence-electron chi connectivity index (χ0n) is 17.4. The van der Waals surface area contributed by atoms with E-state index in [-0.39, 0.29) is 28.9 Å². The second kappa shape index (κ2) is 9.56. The number of carboxylic acid groups (broad SMARTS) is 1. The molecule has 0 saturated carbocycles. The van der Waals surface area contributed by atoms with Crippen molar-refractivity contribution >= 4 is 46.6 Å². The van der Waals surface area contributed by atoms with E-state index in [0.29, 0.717) is 27.9 Å². The summed E-state index contributed by atoms with van der Waals surface area (Å²) < 4.78 is 11.4. The second-order valence-electron chi connectivity index (χ2n) is 7.20. The number of halogens is 1. The van der Waals surface area contributed by atoms with Crippen LogP contribution in [0.2, 0.25) is 5.02 Å². The highest BCUT2D eigenvalue weighted by molar-refractivity contribution is 8.18. The Morgan fingerprint density at radius 3 is 2.76 bits per heavy atom. The first-order valence-electron chi connectivity index (χ1n) is 9.90. The maximum atomic E-state index is 12.7. The van der Waals surface area contributed by atoms with Gasteiger partial charge in [-0.1, -0.05) is 23.7 Å². The molecule has 0 radical (unpaired) electrons. The fraction of sp³-hybridized carbons (Fsp3) is 0.125. The number of aryl methyl sites for hydroxylation is 1. The van der Waals surface area contributed by atoms with Crippen molar-refractivity contribution < 1.29 is 28.6 Å². The van der Waals surface area contributed by atoms with Crippen LogP contribution >= 0.6 is 23.4 Å². The van der Waals surface area contributed by atoms with Gasteiger partial charge in [0.25, 0.3) is 11.1 Å². The van der Waals surface area contributed by atoms with Gasteiger partial charge in [0.05, 0.1) is 22.0 Å². The molecular weight excluding hydrogens is 466 g/mol. The number of rotatable bonds is 7. The molecule has 1 fully saturated rings. The third-order valence-electron chi connectivity index (χ3n) is 4.83. The average Bonchev–Trinajstić information content (AvgIpc) is 3.34. The zero-order valence-corrected chi connectivity index (χ0v) is 19.0. The summed E-state index contributed by atoms with van der Waals surface area (Å²) in [7, 11) is 0. The van der Waals surface area contributed by atoms with Crippen molar-refractivity contribution in [2.24, 2.45) is 0 Å². The van der Waals surface area contributed by atoms with E-state index >= 15 is 0 Å². The van der Waals surface area contributed by atoms with E-state index in [4.69, 9.17) is 20.8 Å². The standard InChI is InChI=1S/C24H18ClNO6S/c1-14-3-2-4-16(11-14)31-10-9-26-22(27)21(33-24(26)30)13-17-6-8-20(32-17)18-12-15(23(28)29)5-7-19(18)25/h2-8,11-13H,9-10H2,1H3,(H,28,29)/b21-13-. The minimum Gasteiger partial charge on any atom is -0.492 e. The van der Waals surface area contributed by atoms with Crippen LogP contribution in [-0.2, 0) is 4.79 Å². The Balaban J connectivity index is 1.45. The van der Waals surface area contributed by atoms with Crippen molar-refractivity contribution in [1.82, 2.24) is 4.90 Å². The fourth-order valence-corrected chi connectivity index (χ4v) is 4.26. The van der Waals surface area contributed by atoms with Crippen LogP contribution in [0.15, 0.2) is 63.9 Å². The summed E-state index contributed by atoms with van der Waals surface area (Å²) in [6.45, 7) is 2.25. The number of carbonyl (C=O) groups excluding carboxylic acids is 2. The molecule has 1 N–H and O–H groups in total. The first-order chi connectivity index (χ1) is 15.8. The van der Waals surface area contributed by atoms with Gasteiger partial charge < -0.3 is 14.3 Å². The summed E-state index contributed by atoms with van der Waals surface area (Å²) >= 11 is 7.01. The lowest BCUT2D eigenvalue weighted by atomic mass is 10.1. The molecule has 1 aromatic heterocycles. The smallest absolute Gasteiger partial charge is 0.335 e. The highest BCUT2D eigenvalue weighted by Gasteiger charge is 2.35. The number of aromatic carboxylic acids is 1. The summed E-state index contributed by atoms with van der Waals surface area (Å²) in [4.78, 5) is 37.6. The summed E-state index contributed by atoms with van der Waals surface area (Å²) in [5.41, 5.74) is 1.54. The van der Waals surface area contributed by atoms with Crippen LogP contribution in [0.25, 0.3) is 17.4 Å². The number of nitrogens with zero attached hydrogens (tertiary/aromatic N) is 1. The molecular formula is C24H18ClNO6S. The van der Waals surface area contributed by atoms with Crippen molar-refractivity contribution in [3.8, 4) is 17.1 Å². The lowest BCUT2D eigenvalue weighted by molar-refractivity contribution is -0.123. The van der Waals surface area contributed by atoms with Gasteiger partial charge in [0.1, 0.15) is 23.9 Å². The van der Waals surface area contributed by atoms with E-state index < -0.39 is 11.9 Å². The minimum atomic E-state index is -1.08. The third-order valence-corrected chi connectivity index (χ3v) is 6.06. The number of amides is 2. The molecule has 4 rings (SSSR count). The maximum Gasteiger partial charge on any atom is 0.335 e. The van der Waals surface area contributed by atoms with E-state index in [1.165, 1.54) is 24.3 Å². The van der Waals surface area contributed by atoms with E-state index in [2.05, 4.69) is 0 Å². The molecule has 0 aliphatic carbocycles. The molecule has 33 heavy (non-hydrogen) atoms. The number of imide groups is 1. The number of carbonyl (C=O) groups is 3. The fourth-order valence-electron chi connectivity index (χ4n) is 3.20. The molecule has 9 heteroatoms. The molecule has 0 atom stereocenters. The Hall–Kier alpha value is -3.49. The van der Waals surface area contributed by atoms with Crippen molar-refractivity contribution in [3.05, 3.63) is 81.4 Å². The number of thioether (sulfide) groups is 1. The van der Waals surface area contributed by atoms with Crippen molar-refractivity contribution in [3.63, 3.8) is 0 Å². The molecule has 2 heterocycles. The summed E-state index contributed by atoms with van der Waals surface area (Å²) in [6, 6.07) is 15.0. The maximum absolute atomic E-state index is 12.7. The highest BCUT2D eigenvalue weighted by atomic mass is 35.5. The van der Waals surface area contributed by atoms with Crippen LogP contribution in [0.3, 0.4) is 0 Å².